The Morgan fingerprint density at radius 2 is 1.50 bits per heavy atom. The van der Waals surface area contributed by atoms with Crippen LogP contribution in [0.25, 0.3) is 5.57 Å². The molecule has 1 aliphatic carbocycles. The van der Waals surface area contributed by atoms with Crippen molar-refractivity contribution in [3.05, 3.63) is 100 Å². The Bertz CT molecular complexity index is 1080. The van der Waals surface area contributed by atoms with Crippen molar-refractivity contribution in [2.75, 3.05) is 14.2 Å². The number of hydrogen-bond acceptors (Lipinski definition) is 2. The topological polar surface area (TPSA) is 18.5 Å². The number of ether oxygens (including phenoxy) is 2. The fourth-order valence-corrected chi connectivity index (χ4v) is 4.25. The van der Waals surface area contributed by atoms with E-state index in [-0.39, 0.29) is 17.9 Å². The molecule has 3 aromatic carbocycles. The standard InChI is InChI=1S/C26H24F2O2/c1-16-21(17-7-10-19(29-2)11-8-17)13-18-9-12-20(30-3)14-23(18)22(16)15-24-25(27)5-4-6-26(24)28/h4-12,14,21H,13,15H2,1-3H3. The van der Waals surface area contributed by atoms with Crippen molar-refractivity contribution in [3.63, 3.8) is 0 Å². The molecule has 0 amide bonds. The van der Waals surface area contributed by atoms with Crippen molar-refractivity contribution in [1.29, 1.82) is 0 Å². The molecule has 2 nitrogen and oxygen atoms in total. The first-order valence-electron chi connectivity index (χ1n) is 9.95. The average Bonchev–Trinajstić information content (AvgIpc) is 2.77. The molecule has 0 saturated carbocycles. The van der Waals surface area contributed by atoms with E-state index < -0.39 is 11.6 Å². The lowest BCUT2D eigenvalue weighted by molar-refractivity contribution is 0.414. The van der Waals surface area contributed by atoms with Crippen LogP contribution in [0.1, 0.15) is 35.1 Å². The number of benzene rings is 3. The summed E-state index contributed by atoms with van der Waals surface area (Å²) in [7, 11) is 3.27. The van der Waals surface area contributed by atoms with Crippen molar-refractivity contribution in [3.8, 4) is 11.5 Å². The molecule has 0 heterocycles. The first-order chi connectivity index (χ1) is 14.5. The number of methoxy groups -OCH3 is 2. The van der Waals surface area contributed by atoms with Gasteiger partial charge >= 0.3 is 0 Å². The van der Waals surface area contributed by atoms with Crippen LogP contribution in [-0.4, -0.2) is 14.2 Å². The Morgan fingerprint density at radius 3 is 2.13 bits per heavy atom. The largest absolute Gasteiger partial charge is 0.497 e. The van der Waals surface area contributed by atoms with E-state index in [0.29, 0.717) is 0 Å². The van der Waals surface area contributed by atoms with Crippen molar-refractivity contribution in [2.45, 2.75) is 25.7 Å². The Morgan fingerprint density at radius 1 is 0.867 bits per heavy atom. The molecule has 4 heteroatoms. The second kappa shape index (κ2) is 8.31. The van der Waals surface area contributed by atoms with E-state index >= 15 is 0 Å². The molecule has 0 N–H and O–H groups in total. The smallest absolute Gasteiger partial charge is 0.129 e. The normalized spacial score (nSPS) is 15.7. The van der Waals surface area contributed by atoms with Gasteiger partial charge < -0.3 is 9.47 Å². The van der Waals surface area contributed by atoms with Gasteiger partial charge in [0.25, 0.3) is 0 Å². The van der Waals surface area contributed by atoms with Gasteiger partial charge in [-0.15, -0.1) is 0 Å². The number of halogens is 2. The molecule has 0 aromatic heterocycles. The van der Waals surface area contributed by atoms with Crippen LogP contribution in [0.3, 0.4) is 0 Å². The van der Waals surface area contributed by atoms with Crippen LogP contribution in [0, 0.1) is 11.6 Å². The van der Waals surface area contributed by atoms with E-state index in [0.717, 1.165) is 45.8 Å². The molecule has 0 bridgehead atoms. The van der Waals surface area contributed by atoms with Gasteiger partial charge in [0.2, 0.25) is 0 Å². The number of rotatable bonds is 5. The van der Waals surface area contributed by atoms with Gasteiger partial charge in [0, 0.05) is 17.9 Å². The predicted octanol–water partition coefficient (Wildman–Crippen LogP) is 6.34. The maximum Gasteiger partial charge on any atom is 0.129 e. The zero-order valence-electron chi connectivity index (χ0n) is 17.3. The second-order valence-corrected chi connectivity index (χ2v) is 7.59. The van der Waals surface area contributed by atoms with Crippen molar-refractivity contribution < 1.29 is 18.3 Å². The van der Waals surface area contributed by atoms with Gasteiger partial charge in [-0.25, -0.2) is 8.78 Å². The third-order valence-electron chi connectivity index (χ3n) is 6.00. The minimum atomic E-state index is -0.522. The molecule has 0 aliphatic heterocycles. The van der Waals surface area contributed by atoms with Gasteiger partial charge in [0.1, 0.15) is 23.1 Å². The molecule has 3 aromatic rings. The van der Waals surface area contributed by atoms with Gasteiger partial charge in [-0.2, -0.15) is 0 Å². The summed E-state index contributed by atoms with van der Waals surface area (Å²) < 4.78 is 39.6. The van der Waals surface area contributed by atoms with Crippen molar-refractivity contribution >= 4 is 5.57 Å². The van der Waals surface area contributed by atoms with Crippen molar-refractivity contribution in [1.82, 2.24) is 0 Å². The lowest BCUT2D eigenvalue weighted by Gasteiger charge is -2.30. The Kier molecular flexibility index (Phi) is 5.58. The Hall–Kier alpha value is -3.14. The molecule has 4 rings (SSSR count). The zero-order valence-corrected chi connectivity index (χ0v) is 17.3. The molecular weight excluding hydrogens is 382 g/mol. The molecule has 0 spiro atoms. The maximum atomic E-state index is 14.5. The summed E-state index contributed by atoms with van der Waals surface area (Å²) >= 11 is 0. The van der Waals surface area contributed by atoms with Gasteiger partial charge in [-0.3, -0.25) is 0 Å². The van der Waals surface area contributed by atoms with Crippen LogP contribution in [0.5, 0.6) is 11.5 Å². The van der Waals surface area contributed by atoms with Crippen LogP contribution >= 0.6 is 0 Å². The summed E-state index contributed by atoms with van der Waals surface area (Å²) in [6, 6.07) is 18.0. The van der Waals surface area contributed by atoms with Crippen LogP contribution in [0.15, 0.2) is 66.2 Å². The first-order valence-corrected chi connectivity index (χ1v) is 9.95. The van der Waals surface area contributed by atoms with E-state index in [1.165, 1.54) is 18.2 Å². The SMILES string of the molecule is COc1ccc(C2Cc3ccc(OC)cc3C(Cc3c(F)cccc3F)=C2C)cc1. The number of allylic oxidation sites excluding steroid dienone is 2. The molecule has 30 heavy (non-hydrogen) atoms. The lowest BCUT2D eigenvalue weighted by atomic mass is 9.74. The van der Waals surface area contributed by atoms with Crippen molar-refractivity contribution in [2.24, 2.45) is 0 Å². The first kappa shape index (κ1) is 20.1. The average molecular weight is 406 g/mol. The third kappa shape index (κ3) is 3.70. The highest BCUT2D eigenvalue weighted by atomic mass is 19.1. The summed E-state index contributed by atoms with van der Waals surface area (Å²) in [6.07, 6.45) is 1.01. The quantitative estimate of drug-likeness (QED) is 0.492. The summed E-state index contributed by atoms with van der Waals surface area (Å²) in [5.41, 5.74) is 5.45. The van der Waals surface area contributed by atoms with Gasteiger partial charge in [-0.05, 0) is 72.0 Å². The zero-order chi connectivity index (χ0) is 21.3. The number of fused-ring (bicyclic) bond motifs is 1. The fourth-order valence-electron chi connectivity index (χ4n) is 4.25. The second-order valence-electron chi connectivity index (χ2n) is 7.59. The third-order valence-corrected chi connectivity index (χ3v) is 6.00. The van der Waals surface area contributed by atoms with E-state index in [9.17, 15) is 8.78 Å². The van der Waals surface area contributed by atoms with E-state index in [1.54, 1.807) is 14.2 Å². The summed E-state index contributed by atoms with van der Waals surface area (Å²) in [6.45, 7) is 2.06. The maximum absolute atomic E-state index is 14.5. The summed E-state index contributed by atoms with van der Waals surface area (Å²) in [5, 5.41) is 0. The molecule has 154 valence electrons. The highest BCUT2D eigenvalue weighted by molar-refractivity contribution is 5.77. The minimum absolute atomic E-state index is 0.0935. The summed E-state index contributed by atoms with van der Waals surface area (Å²) in [4.78, 5) is 0. The lowest BCUT2D eigenvalue weighted by Crippen LogP contribution is -2.15. The Labute approximate surface area is 175 Å². The van der Waals surface area contributed by atoms with Crippen LogP contribution in [0.2, 0.25) is 0 Å². The molecule has 0 radical (unpaired) electrons. The van der Waals surface area contributed by atoms with E-state index in [4.69, 9.17) is 9.47 Å². The van der Waals surface area contributed by atoms with Gasteiger partial charge in [-0.1, -0.05) is 29.8 Å². The summed E-state index contributed by atoms with van der Waals surface area (Å²) in [5.74, 6) is 0.616. The van der Waals surface area contributed by atoms with Gasteiger partial charge in [0.05, 0.1) is 14.2 Å². The monoisotopic (exact) mass is 406 g/mol. The van der Waals surface area contributed by atoms with E-state index in [1.807, 2.05) is 24.3 Å². The molecule has 1 unspecified atom stereocenters. The molecular formula is C26H24F2O2. The Balaban J connectivity index is 1.84. The van der Waals surface area contributed by atoms with E-state index in [2.05, 4.69) is 25.1 Å². The predicted molar refractivity (Wildman–Crippen MR) is 115 cm³/mol. The highest BCUT2D eigenvalue weighted by Crippen LogP contribution is 2.43. The van der Waals surface area contributed by atoms with Gasteiger partial charge in [0.15, 0.2) is 0 Å². The van der Waals surface area contributed by atoms with Crippen LogP contribution < -0.4 is 9.47 Å². The molecule has 0 saturated heterocycles. The minimum Gasteiger partial charge on any atom is -0.497 e. The molecule has 0 fully saturated rings. The fraction of sp³-hybridized carbons (Fsp3) is 0.231. The molecule has 1 atom stereocenters. The number of hydrogen-bond donors (Lipinski definition) is 0. The highest BCUT2D eigenvalue weighted by Gasteiger charge is 2.27. The molecule has 1 aliphatic rings. The van der Waals surface area contributed by atoms with Crippen LogP contribution in [0.4, 0.5) is 8.78 Å². The van der Waals surface area contributed by atoms with Crippen LogP contribution in [-0.2, 0) is 12.8 Å².